The second kappa shape index (κ2) is 7.09. The molecule has 1 N–H and O–H groups in total. The average molecular weight is 263 g/mol. The molecule has 3 nitrogen and oxygen atoms in total. The van der Waals surface area contributed by atoms with Crippen LogP contribution in [0.5, 0.6) is 0 Å². The molecule has 1 unspecified atom stereocenters. The number of nitrogens with zero attached hydrogens (tertiary/aromatic N) is 2. The van der Waals surface area contributed by atoms with Gasteiger partial charge in [-0.2, -0.15) is 5.10 Å². The summed E-state index contributed by atoms with van der Waals surface area (Å²) in [4.78, 5) is 0. The van der Waals surface area contributed by atoms with Crippen molar-refractivity contribution >= 4 is 0 Å². The fourth-order valence-electron chi connectivity index (χ4n) is 3.37. The maximum atomic E-state index is 4.59. The first kappa shape index (κ1) is 14.6. The van der Waals surface area contributed by atoms with Gasteiger partial charge in [-0.05, 0) is 43.8 Å². The Morgan fingerprint density at radius 2 is 2.11 bits per heavy atom. The predicted molar refractivity (Wildman–Crippen MR) is 80.3 cm³/mol. The lowest BCUT2D eigenvalue weighted by molar-refractivity contribution is 0.318. The first-order valence-corrected chi connectivity index (χ1v) is 7.97. The lowest BCUT2D eigenvalue weighted by Gasteiger charge is -2.23. The molecule has 1 aromatic heterocycles. The first-order valence-electron chi connectivity index (χ1n) is 7.97. The summed E-state index contributed by atoms with van der Waals surface area (Å²) < 4.78 is 2.09. The Hall–Kier alpha value is -0.830. The molecule has 0 amide bonds. The highest BCUT2D eigenvalue weighted by Gasteiger charge is 2.25. The Balaban J connectivity index is 2.02. The van der Waals surface area contributed by atoms with Crippen molar-refractivity contribution in [3.05, 3.63) is 17.5 Å². The number of rotatable bonds is 7. The minimum atomic E-state index is 0.780. The Kier molecular flexibility index (Phi) is 5.44. The molecule has 2 rings (SSSR count). The monoisotopic (exact) mass is 263 g/mol. The van der Waals surface area contributed by atoms with Crippen LogP contribution in [0.2, 0.25) is 0 Å². The highest BCUT2D eigenvalue weighted by Crippen LogP contribution is 2.33. The van der Waals surface area contributed by atoms with E-state index in [0.717, 1.165) is 31.3 Å². The van der Waals surface area contributed by atoms with Gasteiger partial charge in [-0.25, -0.2) is 0 Å². The standard InChI is InChI=1S/C16H29N3/c1-4-15-11-16(19(3)18-15)10-14(12-17-5-2)13-8-6-7-9-13/h11,13-14,17H,4-10,12H2,1-3H3. The molecule has 1 aliphatic rings. The molecule has 19 heavy (non-hydrogen) atoms. The van der Waals surface area contributed by atoms with Crippen molar-refractivity contribution < 1.29 is 0 Å². The zero-order valence-corrected chi connectivity index (χ0v) is 12.8. The van der Waals surface area contributed by atoms with Crippen molar-refractivity contribution in [1.29, 1.82) is 0 Å². The molecule has 0 radical (unpaired) electrons. The molecule has 0 saturated heterocycles. The highest BCUT2D eigenvalue weighted by atomic mass is 15.3. The zero-order valence-electron chi connectivity index (χ0n) is 12.8. The molecule has 1 aromatic rings. The van der Waals surface area contributed by atoms with Crippen LogP contribution < -0.4 is 5.32 Å². The van der Waals surface area contributed by atoms with Gasteiger partial charge < -0.3 is 5.32 Å². The number of aryl methyl sites for hydroxylation is 2. The van der Waals surface area contributed by atoms with Crippen molar-refractivity contribution in [3.8, 4) is 0 Å². The smallest absolute Gasteiger partial charge is 0.0624 e. The van der Waals surface area contributed by atoms with Crippen LogP contribution in [0.4, 0.5) is 0 Å². The van der Waals surface area contributed by atoms with Crippen LogP contribution in [0.1, 0.15) is 50.9 Å². The molecular weight excluding hydrogens is 234 g/mol. The summed E-state index contributed by atoms with van der Waals surface area (Å²) in [5.41, 5.74) is 2.64. The number of aromatic nitrogens is 2. The fraction of sp³-hybridized carbons (Fsp3) is 0.812. The molecule has 0 aromatic carbocycles. The molecule has 1 aliphatic carbocycles. The van der Waals surface area contributed by atoms with Crippen molar-refractivity contribution in [1.82, 2.24) is 15.1 Å². The van der Waals surface area contributed by atoms with E-state index in [1.165, 1.54) is 43.5 Å². The van der Waals surface area contributed by atoms with Gasteiger partial charge >= 0.3 is 0 Å². The van der Waals surface area contributed by atoms with Crippen LogP contribution in [0.25, 0.3) is 0 Å². The molecule has 0 bridgehead atoms. The quantitative estimate of drug-likeness (QED) is 0.819. The van der Waals surface area contributed by atoms with E-state index in [4.69, 9.17) is 0 Å². The van der Waals surface area contributed by atoms with Crippen molar-refractivity contribution in [3.63, 3.8) is 0 Å². The molecule has 3 heteroatoms. The van der Waals surface area contributed by atoms with Gasteiger partial charge in [0.25, 0.3) is 0 Å². The van der Waals surface area contributed by atoms with E-state index in [-0.39, 0.29) is 0 Å². The van der Waals surface area contributed by atoms with Crippen molar-refractivity contribution in [2.45, 2.75) is 52.4 Å². The van der Waals surface area contributed by atoms with Crippen LogP contribution in [0.15, 0.2) is 6.07 Å². The second-order valence-corrected chi connectivity index (χ2v) is 5.92. The summed E-state index contributed by atoms with van der Waals surface area (Å²) in [6.45, 7) is 6.62. The largest absolute Gasteiger partial charge is 0.317 e. The number of nitrogens with one attached hydrogen (secondary N) is 1. The van der Waals surface area contributed by atoms with Crippen molar-refractivity contribution in [2.75, 3.05) is 13.1 Å². The summed E-state index contributed by atoms with van der Waals surface area (Å²) in [5.74, 6) is 1.70. The van der Waals surface area contributed by atoms with E-state index in [2.05, 4.69) is 42.1 Å². The van der Waals surface area contributed by atoms with E-state index < -0.39 is 0 Å². The topological polar surface area (TPSA) is 29.9 Å². The Morgan fingerprint density at radius 3 is 2.68 bits per heavy atom. The predicted octanol–water partition coefficient (Wildman–Crippen LogP) is 2.94. The SMILES string of the molecule is CCNCC(Cc1cc(CC)nn1C)C1CCCC1. The van der Waals surface area contributed by atoms with E-state index in [0.29, 0.717) is 0 Å². The summed E-state index contributed by atoms with van der Waals surface area (Å²) >= 11 is 0. The Bertz CT molecular complexity index is 377. The van der Waals surface area contributed by atoms with Crippen LogP contribution in [-0.2, 0) is 19.9 Å². The lowest BCUT2D eigenvalue weighted by Crippen LogP contribution is -2.29. The van der Waals surface area contributed by atoms with E-state index >= 15 is 0 Å². The Labute approximate surface area is 117 Å². The molecular formula is C16H29N3. The highest BCUT2D eigenvalue weighted by molar-refractivity contribution is 5.11. The van der Waals surface area contributed by atoms with Crippen LogP contribution in [-0.4, -0.2) is 22.9 Å². The van der Waals surface area contributed by atoms with Gasteiger partial charge in [0.1, 0.15) is 0 Å². The average Bonchev–Trinajstić information content (AvgIpc) is 3.04. The molecule has 1 heterocycles. The van der Waals surface area contributed by atoms with Crippen LogP contribution >= 0.6 is 0 Å². The Morgan fingerprint density at radius 1 is 1.37 bits per heavy atom. The molecule has 1 fully saturated rings. The fourth-order valence-corrected chi connectivity index (χ4v) is 3.37. The molecule has 0 spiro atoms. The van der Waals surface area contributed by atoms with Crippen LogP contribution in [0.3, 0.4) is 0 Å². The zero-order chi connectivity index (χ0) is 13.7. The summed E-state index contributed by atoms with van der Waals surface area (Å²) in [6.07, 6.45) is 7.93. The van der Waals surface area contributed by atoms with Gasteiger partial charge in [-0.1, -0.05) is 39.5 Å². The molecule has 108 valence electrons. The normalized spacial score (nSPS) is 18.1. The first-order chi connectivity index (χ1) is 9.24. The van der Waals surface area contributed by atoms with Crippen LogP contribution in [0, 0.1) is 11.8 Å². The van der Waals surface area contributed by atoms with Crippen molar-refractivity contribution in [2.24, 2.45) is 18.9 Å². The maximum absolute atomic E-state index is 4.59. The maximum Gasteiger partial charge on any atom is 0.0624 e. The third kappa shape index (κ3) is 3.82. The summed E-state index contributed by atoms with van der Waals surface area (Å²) in [7, 11) is 2.09. The molecule has 1 saturated carbocycles. The van der Waals surface area contributed by atoms with Gasteiger partial charge in [-0.3, -0.25) is 4.68 Å². The van der Waals surface area contributed by atoms with Gasteiger partial charge in [0.05, 0.1) is 5.69 Å². The molecule has 1 atom stereocenters. The number of hydrogen-bond donors (Lipinski definition) is 1. The third-order valence-corrected chi connectivity index (χ3v) is 4.58. The molecule has 0 aliphatic heterocycles. The minimum Gasteiger partial charge on any atom is -0.317 e. The third-order valence-electron chi connectivity index (χ3n) is 4.58. The van der Waals surface area contributed by atoms with Gasteiger partial charge in [0.15, 0.2) is 0 Å². The summed E-state index contributed by atoms with van der Waals surface area (Å²) in [6, 6.07) is 2.30. The minimum absolute atomic E-state index is 0.780. The second-order valence-electron chi connectivity index (χ2n) is 5.92. The number of hydrogen-bond acceptors (Lipinski definition) is 2. The van der Waals surface area contributed by atoms with Gasteiger partial charge in [0, 0.05) is 12.7 Å². The van der Waals surface area contributed by atoms with E-state index in [1.807, 2.05) is 0 Å². The summed E-state index contributed by atoms with van der Waals surface area (Å²) in [5, 5.41) is 8.14. The van der Waals surface area contributed by atoms with E-state index in [9.17, 15) is 0 Å². The van der Waals surface area contributed by atoms with Gasteiger partial charge in [-0.15, -0.1) is 0 Å². The van der Waals surface area contributed by atoms with E-state index in [1.54, 1.807) is 0 Å². The van der Waals surface area contributed by atoms with Gasteiger partial charge in [0.2, 0.25) is 0 Å². The lowest BCUT2D eigenvalue weighted by atomic mass is 9.87.